The van der Waals surface area contributed by atoms with Crippen molar-refractivity contribution in [3.05, 3.63) is 29.5 Å². The number of rotatable bonds is 4. The number of hydrogen-bond donors (Lipinski definition) is 1. The zero-order valence-corrected chi connectivity index (χ0v) is 24.3. The number of benzene rings is 1. The van der Waals surface area contributed by atoms with E-state index in [9.17, 15) is 14.4 Å². The van der Waals surface area contributed by atoms with Crippen LogP contribution < -0.4 is 5.32 Å². The number of amides is 3. The lowest BCUT2D eigenvalue weighted by Gasteiger charge is -2.38. The lowest BCUT2D eigenvalue weighted by Crippen LogP contribution is -2.44. The Morgan fingerprint density at radius 2 is 1.73 bits per heavy atom. The summed E-state index contributed by atoms with van der Waals surface area (Å²) in [6, 6.07) is 6.55. The van der Waals surface area contributed by atoms with Gasteiger partial charge in [-0.1, -0.05) is 12.1 Å². The molecule has 2 aromatic rings. The van der Waals surface area contributed by atoms with Gasteiger partial charge in [0, 0.05) is 38.5 Å². The van der Waals surface area contributed by atoms with Gasteiger partial charge in [-0.3, -0.25) is 19.6 Å². The largest absolute Gasteiger partial charge is 0.444 e. The standard InChI is InChI=1S/C29H41N5O4.CH2O/c1-29(2,3)38-28(37)34-15-9-19(10-16-34)18-33-13-11-20(12-14-33)21-5-6-22-24(17-21)32(4)31-26(22)23-7-8-25(35)30-27(23)36;1-2/h5-6,17,19-20,23H,7-16,18H2,1-4H3,(H,30,35,36);1H2. The van der Waals surface area contributed by atoms with Crippen LogP contribution in [-0.4, -0.2) is 82.6 Å². The molecule has 1 aromatic carbocycles. The maximum Gasteiger partial charge on any atom is 0.410 e. The molecule has 3 fully saturated rings. The van der Waals surface area contributed by atoms with E-state index in [4.69, 9.17) is 9.53 Å². The first-order chi connectivity index (χ1) is 19.1. The van der Waals surface area contributed by atoms with Crippen molar-refractivity contribution in [3.8, 4) is 0 Å². The number of aryl methyl sites for hydroxylation is 1. The Morgan fingerprint density at radius 3 is 2.35 bits per heavy atom. The highest BCUT2D eigenvalue weighted by Crippen LogP contribution is 2.35. The monoisotopic (exact) mass is 553 g/mol. The van der Waals surface area contributed by atoms with Crippen molar-refractivity contribution in [2.75, 3.05) is 32.7 Å². The van der Waals surface area contributed by atoms with Crippen LogP contribution in [0, 0.1) is 5.92 Å². The summed E-state index contributed by atoms with van der Waals surface area (Å²) in [6.07, 6.45) is 4.99. The van der Waals surface area contributed by atoms with E-state index in [2.05, 4.69) is 33.5 Å². The summed E-state index contributed by atoms with van der Waals surface area (Å²) < 4.78 is 7.40. The molecule has 4 heterocycles. The van der Waals surface area contributed by atoms with Crippen molar-refractivity contribution in [2.24, 2.45) is 13.0 Å². The lowest BCUT2D eigenvalue weighted by atomic mass is 9.87. The van der Waals surface area contributed by atoms with Crippen molar-refractivity contribution in [1.29, 1.82) is 0 Å². The fraction of sp³-hybridized carbons (Fsp3) is 0.633. The minimum Gasteiger partial charge on any atom is -0.444 e. The van der Waals surface area contributed by atoms with Gasteiger partial charge in [0.1, 0.15) is 12.4 Å². The van der Waals surface area contributed by atoms with Crippen LogP contribution in [0.5, 0.6) is 0 Å². The van der Waals surface area contributed by atoms with Gasteiger partial charge in [0.15, 0.2) is 0 Å². The van der Waals surface area contributed by atoms with E-state index in [1.165, 1.54) is 5.56 Å². The molecule has 0 saturated carbocycles. The van der Waals surface area contributed by atoms with Crippen LogP contribution in [0.15, 0.2) is 18.2 Å². The zero-order valence-electron chi connectivity index (χ0n) is 24.3. The molecule has 5 rings (SSSR count). The molecule has 1 atom stereocenters. The van der Waals surface area contributed by atoms with Crippen LogP contribution in [0.4, 0.5) is 4.79 Å². The van der Waals surface area contributed by atoms with Crippen LogP contribution in [0.1, 0.15) is 82.4 Å². The molecular weight excluding hydrogens is 510 g/mol. The molecule has 1 N–H and O–H groups in total. The smallest absolute Gasteiger partial charge is 0.410 e. The van der Waals surface area contributed by atoms with E-state index in [-0.39, 0.29) is 23.8 Å². The van der Waals surface area contributed by atoms with Crippen molar-refractivity contribution in [2.45, 2.75) is 76.7 Å². The molecule has 3 amide bonds. The first-order valence-corrected chi connectivity index (χ1v) is 14.4. The molecule has 10 nitrogen and oxygen atoms in total. The summed E-state index contributed by atoms with van der Waals surface area (Å²) in [5.41, 5.74) is 2.70. The van der Waals surface area contributed by atoms with Crippen LogP contribution in [0.2, 0.25) is 0 Å². The lowest BCUT2D eigenvalue weighted by molar-refractivity contribution is -0.134. The van der Waals surface area contributed by atoms with E-state index in [1.54, 1.807) is 0 Å². The van der Waals surface area contributed by atoms with Crippen molar-refractivity contribution >= 4 is 35.6 Å². The predicted molar refractivity (Wildman–Crippen MR) is 152 cm³/mol. The van der Waals surface area contributed by atoms with Gasteiger partial charge in [-0.15, -0.1) is 0 Å². The van der Waals surface area contributed by atoms with E-state index < -0.39 is 5.60 Å². The quantitative estimate of drug-likeness (QED) is 0.574. The second kappa shape index (κ2) is 12.5. The third-order valence-electron chi connectivity index (χ3n) is 8.31. The SMILES string of the molecule is C=O.Cn1nc(C2CCC(=O)NC2=O)c2ccc(C3CCN(CC4CCN(C(=O)OC(C)(C)C)CC4)CC3)cc21. The maximum atomic E-state index is 12.4. The summed E-state index contributed by atoms with van der Waals surface area (Å²) in [4.78, 5) is 48.8. The number of aromatic nitrogens is 2. The van der Waals surface area contributed by atoms with Crippen LogP contribution in [0.25, 0.3) is 10.9 Å². The summed E-state index contributed by atoms with van der Waals surface area (Å²) in [5.74, 6) is 0.321. The molecular formula is C30H43N5O5. The molecule has 10 heteroatoms. The van der Waals surface area contributed by atoms with Crippen LogP contribution in [0.3, 0.4) is 0 Å². The predicted octanol–water partition coefficient (Wildman–Crippen LogP) is 3.74. The number of fused-ring (bicyclic) bond motifs is 1. The van der Waals surface area contributed by atoms with E-state index >= 15 is 0 Å². The van der Waals surface area contributed by atoms with E-state index in [0.29, 0.717) is 24.7 Å². The fourth-order valence-corrected chi connectivity index (χ4v) is 6.21. The number of piperidine rings is 3. The Hall–Kier alpha value is -3.27. The van der Waals surface area contributed by atoms with Gasteiger partial charge in [-0.05, 0) is 89.4 Å². The molecule has 218 valence electrons. The van der Waals surface area contributed by atoms with Crippen LogP contribution in [-0.2, 0) is 26.2 Å². The Balaban J connectivity index is 0.00000181. The van der Waals surface area contributed by atoms with Gasteiger partial charge >= 0.3 is 6.09 Å². The highest BCUT2D eigenvalue weighted by Gasteiger charge is 2.32. The fourth-order valence-electron chi connectivity index (χ4n) is 6.21. The first-order valence-electron chi connectivity index (χ1n) is 14.4. The van der Waals surface area contributed by atoms with E-state index in [0.717, 1.165) is 75.0 Å². The summed E-state index contributed by atoms with van der Waals surface area (Å²) in [7, 11) is 1.93. The molecule has 40 heavy (non-hydrogen) atoms. The average molecular weight is 554 g/mol. The third kappa shape index (κ3) is 6.89. The molecule has 0 spiro atoms. The third-order valence-corrected chi connectivity index (χ3v) is 8.31. The van der Waals surface area contributed by atoms with Crippen LogP contribution >= 0.6 is 0 Å². The molecule has 3 aliphatic heterocycles. The van der Waals surface area contributed by atoms with Gasteiger partial charge in [0.2, 0.25) is 11.8 Å². The number of carbonyl (C=O) groups is 4. The van der Waals surface area contributed by atoms with Crippen molar-refractivity contribution in [3.63, 3.8) is 0 Å². The normalized spacial score (nSPS) is 21.6. The minimum atomic E-state index is -0.449. The number of nitrogens with zero attached hydrogens (tertiary/aromatic N) is 4. The van der Waals surface area contributed by atoms with Gasteiger partial charge in [0.05, 0.1) is 17.1 Å². The number of likely N-dealkylation sites (tertiary alicyclic amines) is 2. The van der Waals surface area contributed by atoms with Gasteiger partial charge in [-0.25, -0.2) is 4.79 Å². The number of nitrogens with one attached hydrogen (secondary N) is 1. The molecule has 1 aromatic heterocycles. The Kier molecular flexibility index (Phi) is 9.28. The van der Waals surface area contributed by atoms with E-state index in [1.807, 2.05) is 44.2 Å². The Morgan fingerprint density at radius 1 is 1.05 bits per heavy atom. The number of hydrogen-bond acceptors (Lipinski definition) is 7. The number of imide groups is 1. The average Bonchev–Trinajstić information content (AvgIpc) is 3.25. The molecule has 0 bridgehead atoms. The molecule has 1 unspecified atom stereocenters. The number of carbonyl (C=O) groups excluding carboxylic acids is 4. The first kappa shape index (κ1) is 29.7. The second-order valence-electron chi connectivity index (χ2n) is 12.3. The topological polar surface area (TPSA) is 114 Å². The van der Waals surface area contributed by atoms with Gasteiger partial charge in [0.25, 0.3) is 0 Å². The summed E-state index contributed by atoms with van der Waals surface area (Å²) >= 11 is 0. The summed E-state index contributed by atoms with van der Waals surface area (Å²) in [6.45, 7) is 12.6. The Bertz CT molecular complexity index is 1220. The van der Waals surface area contributed by atoms with Gasteiger partial charge < -0.3 is 19.3 Å². The van der Waals surface area contributed by atoms with Gasteiger partial charge in [-0.2, -0.15) is 5.10 Å². The minimum absolute atomic E-state index is 0.189. The Labute approximate surface area is 236 Å². The van der Waals surface area contributed by atoms with Crippen molar-refractivity contribution < 1.29 is 23.9 Å². The highest BCUT2D eigenvalue weighted by molar-refractivity contribution is 6.02. The second-order valence-corrected chi connectivity index (χ2v) is 12.3. The molecule has 3 aliphatic rings. The molecule has 0 aliphatic carbocycles. The van der Waals surface area contributed by atoms with Crippen molar-refractivity contribution in [1.82, 2.24) is 24.9 Å². The maximum absolute atomic E-state index is 12.4. The molecule has 3 saturated heterocycles. The number of ether oxygens (including phenoxy) is 1. The summed E-state index contributed by atoms with van der Waals surface area (Å²) in [5, 5.41) is 8.15. The highest BCUT2D eigenvalue weighted by atomic mass is 16.6. The zero-order chi connectivity index (χ0) is 29.0. The molecule has 0 radical (unpaired) electrons.